The van der Waals surface area contributed by atoms with E-state index >= 15 is 0 Å². The molecule has 2 rings (SSSR count). The largest absolute Gasteiger partial charge is 0.368 e. The van der Waals surface area contributed by atoms with Crippen molar-refractivity contribution in [1.29, 1.82) is 0 Å². The third-order valence-corrected chi connectivity index (χ3v) is 2.92. The van der Waals surface area contributed by atoms with Crippen LogP contribution in [0.25, 0.3) is 11.1 Å². The van der Waals surface area contributed by atoms with E-state index in [0.717, 1.165) is 16.7 Å². The fourth-order valence-electron chi connectivity index (χ4n) is 1.97. The lowest BCUT2D eigenvalue weighted by Gasteiger charge is -2.13. The molecule has 0 aliphatic carbocycles. The first kappa shape index (κ1) is 12.3. The Bertz CT molecular complexity index is 520. The summed E-state index contributed by atoms with van der Waals surface area (Å²) in [6.45, 7) is 0. The van der Waals surface area contributed by atoms with E-state index in [4.69, 9.17) is 5.73 Å². The zero-order chi connectivity index (χ0) is 13.0. The Morgan fingerprint density at radius 1 is 1.00 bits per heavy atom. The van der Waals surface area contributed by atoms with Crippen LogP contribution in [0.1, 0.15) is 11.6 Å². The maximum absolute atomic E-state index is 11.2. The number of benzene rings is 2. The number of nitrogens with two attached hydrogens (primary N) is 1. The van der Waals surface area contributed by atoms with E-state index in [9.17, 15) is 4.79 Å². The highest BCUT2D eigenvalue weighted by Crippen LogP contribution is 2.21. The van der Waals surface area contributed by atoms with Crippen LogP contribution in [0.5, 0.6) is 0 Å². The lowest BCUT2D eigenvalue weighted by atomic mass is 10.0. The van der Waals surface area contributed by atoms with E-state index in [0.29, 0.717) is 0 Å². The van der Waals surface area contributed by atoms with Crippen molar-refractivity contribution in [2.75, 3.05) is 7.05 Å². The third kappa shape index (κ3) is 2.57. The molecule has 0 aliphatic heterocycles. The molecule has 18 heavy (non-hydrogen) atoms. The smallest absolute Gasteiger partial charge is 0.239 e. The fourth-order valence-corrected chi connectivity index (χ4v) is 1.97. The molecule has 0 aliphatic rings. The SMILES string of the molecule is CNC(C(N)=O)c1ccc(-c2ccccc2)cc1. The predicted octanol–water partition coefficient (Wildman–Crippen LogP) is 2.10. The molecule has 0 spiro atoms. The minimum atomic E-state index is -0.435. The second kappa shape index (κ2) is 5.47. The molecular weight excluding hydrogens is 224 g/mol. The van der Waals surface area contributed by atoms with Crippen LogP contribution in [0.15, 0.2) is 54.6 Å². The van der Waals surface area contributed by atoms with Gasteiger partial charge in [-0.15, -0.1) is 0 Å². The molecule has 1 amide bonds. The van der Waals surface area contributed by atoms with Gasteiger partial charge < -0.3 is 11.1 Å². The zero-order valence-corrected chi connectivity index (χ0v) is 10.3. The molecule has 3 heteroatoms. The van der Waals surface area contributed by atoms with Crippen molar-refractivity contribution in [2.24, 2.45) is 5.73 Å². The van der Waals surface area contributed by atoms with E-state index in [-0.39, 0.29) is 5.91 Å². The normalized spacial score (nSPS) is 12.1. The number of primary amides is 1. The molecule has 0 heterocycles. The van der Waals surface area contributed by atoms with Gasteiger partial charge in [0.25, 0.3) is 0 Å². The van der Waals surface area contributed by atoms with Gasteiger partial charge >= 0.3 is 0 Å². The van der Waals surface area contributed by atoms with Gasteiger partial charge in [-0.2, -0.15) is 0 Å². The summed E-state index contributed by atoms with van der Waals surface area (Å²) >= 11 is 0. The van der Waals surface area contributed by atoms with Crippen molar-refractivity contribution in [3.8, 4) is 11.1 Å². The summed E-state index contributed by atoms with van der Waals surface area (Å²) in [5.74, 6) is -0.370. The van der Waals surface area contributed by atoms with E-state index < -0.39 is 6.04 Å². The molecule has 92 valence electrons. The summed E-state index contributed by atoms with van der Waals surface area (Å²) in [6, 6.07) is 17.5. The standard InChI is InChI=1S/C15H16N2O/c1-17-14(15(16)18)13-9-7-12(8-10-13)11-5-3-2-4-6-11/h2-10,14,17H,1H3,(H2,16,18). The molecule has 0 bridgehead atoms. The molecule has 0 saturated heterocycles. The maximum atomic E-state index is 11.2. The monoisotopic (exact) mass is 240 g/mol. The summed E-state index contributed by atoms with van der Waals surface area (Å²) in [5, 5.41) is 2.90. The summed E-state index contributed by atoms with van der Waals surface area (Å²) < 4.78 is 0. The van der Waals surface area contributed by atoms with Crippen LogP contribution >= 0.6 is 0 Å². The first-order chi connectivity index (χ1) is 8.72. The van der Waals surface area contributed by atoms with Crippen LogP contribution in [0.2, 0.25) is 0 Å². The predicted molar refractivity (Wildman–Crippen MR) is 72.9 cm³/mol. The summed E-state index contributed by atoms with van der Waals surface area (Å²) in [4.78, 5) is 11.2. The second-order valence-electron chi connectivity index (χ2n) is 4.11. The summed E-state index contributed by atoms with van der Waals surface area (Å²) in [6.07, 6.45) is 0. The van der Waals surface area contributed by atoms with Crippen molar-refractivity contribution >= 4 is 5.91 Å². The average Bonchev–Trinajstić information content (AvgIpc) is 2.41. The van der Waals surface area contributed by atoms with Crippen LogP contribution in [0, 0.1) is 0 Å². The van der Waals surface area contributed by atoms with Gasteiger partial charge in [-0.05, 0) is 23.7 Å². The van der Waals surface area contributed by atoms with Gasteiger partial charge in [0, 0.05) is 0 Å². The van der Waals surface area contributed by atoms with Crippen molar-refractivity contribution in [3.05, 3.63) is 60.2 Å². The van der Waals surface area contributed by atoms with Gasteiger partial charge in [0.05, 0.1) is 0 Å². The molecule has 2 aromatic carbocycles. The number of nitrogens with one attached hydrogen (secondary N) is 1. The molecule has 0 radical (unpaired) electrons. The van der Waals surface area contributed by atoms with Gasteiger partial charge in [0.15, 0.2) is 0 Å². The number of amides is 1. The number of carbonyl (C=O) groups excluding carboxylic acids is 1. The van der Waals surface area contributed by atoms with Gasteiger partial charge in [-0.25, -0.2) is 0 Å². The van der Waals surface area contributed by atoms with Crippen LogP contribution in [-0.2, 0) is 4.79 Å². The number of carbonyl (C=O) groups is 1. The van der Waals surface area contributed by atoms with Gasteiger partial charge in [0.1, 0.15) is 6.04 Å². The summed E-state index contributed by atoms with van der Waals surface area (Å²) in [5.41, 5.74) is 8.49. The molecule has 0 saturated carbocycles. The zero-order valence-electron chi connectivity index (χ0n) is 10.3. The van der Waals surface area contributed by atoms with Gasteiger partial charge in [0.2, 0.25) is 5.91 Å². The lowest BCUT2D eigenvalue weighted by Crippen LogP contribution is -2.31. The van der Waals surface area contributed by atoms with E-state index in [2.05, 4.69) is 17.4 Å². The quantitative estimate of drug-likeness (QED) is 0.859. The minimum Gasteiger partial charge on any atom is -0.368 e. The molecule has 3 nitrogen and oxygen atoms in total. The van der Waals surface area contributed by atoms with Crippen LogP contribution in [0.4, 0.5) is 0 Å². The Balaban J connectivity index is 2.28. The molecule has 1 unspecified atom stereocenters. The Kier molecular flexibility index (Phi) is 3.75. The minimum absolute atomic E-state index is 0.370. The topological polar surface area (TPSA) is 55.1 Å². The molecule has 1 atom stereocenters. The number of likely N-dealkylation sites (N-methyl/N-ethyl adjacent to an activating group) is 1. The van der Waals surface area contributed by atoms with Crippen molar-refractivity contribution in [2.45, 2.75) is 6.04 Å². The van der Waals surface area contributed by atoms with Crippen LogP contribution < -0.4 is 11.1 Å². The molecule has 2 aromatic rings. The second-order valence-corrected chi connectivity index (χ2v) is 4.11. The number of hydrogen-bond donors (Lipinski definition) is 2. The Morgan fingerprint density at radius 2 is 1.56 bits per heavy atom. The highest BCUT2D eigenvalue weighted by Gasteiger charge is 2.14. The Labute approximate surface area is 107 Å². The highest BCUT2D eigenvalue weighted by atomic mass is 16.1. The maximum Gasteiger partial charge on any atom is 0.239 e. The van der Waals surface area contributed by atoms with Crippen molar-refractivity contribution < 1.29 is 4.79 Å². The third-order valence-electron chi connectivity index (χ3n) is 2.92. The van der Waals surface area contributed by atoms with Gasteiger partial charge in [-0.3, -0.25) is 4.79 Å². The first-order valence-electron chi connectivity index (χ1n) is 5.84. The number of rotatable bonds is 4. The molecule has 0 aromatic heterocycles. The summed E-state index contributed by atoms with van der Waals surface area (Å²) in [7, 11) is 1.72. The molecule has 3 N–H and O–H groups in total. The highest BCUT2D eigenvalue weighted by molar-refractivity contribution is 5.81. The van der Waals surface area contributed by atoms with Crippen LogP contribution in [-0.4, -0.2) is 13.0 Å². The number of hydrogen-bond acceptors (Lipinski definition) is 2. The first-order valence-corrected chi connectivity index (χ1v) is 5.84. The average molecular weight is 240 g/mol. The van der Waals surface area contributed by atoms with E-state index in [1.165, 1.54) is 0 Å². The fraction of sp³-hybridized carbons (Fsp3) is 0.133. The lowest BCUT2D eigenvalue weighted by molar-refractivity contribution is -0.120. The molecule has 0 fully saturated rings. The van der Waals surface area contributed by atoms with E-state index in [1.807, 2.05) is 42.5 Å². The van der Waals surface area contributed by atoms with Crippen molar-refractivity contribution in [1.82, 2.24) is 5.32 Å². The van der Waals surface area contributed by atoms with Crippen molar-refractivity contribution in [3.63, 3.8) is 0 Å². The Morgan fingerprint density at radius 3 is 2.06 bits per heavy atom. The van der Waals surface area contributed by atoms with Gasteiger partial charge in [-0.1, -0.05) is 54.6 Å². The van der Waals surface area contributed by atoms with Crippen LogP contribution in [0.3, 0.4) is 0 Å². The van der Waals surface area contributed by atoms with E-state index in [1.54, 1.807) is 7.05 Å². The Hall–Kier alpha value is -2.13. The molecular formula is C15H16N2O.